The fourth-order valence-electron chi connectivity index (χ4n) is 1.21. The fraction of sp³-hybridized carbons (Fsp3) is 0.417. The van der Waals surface area contributed by atoms with Crippen LogP contribution in [0.3, 0.4) is 0 Å². The van der Waals surface area contributed by atoms with E-state index in [0.29, 0.717) is 28.1 Å². The highest BCUT2D eigenvalue weighted by molar-refractivity contribution is 7.99. The second kappa shape index (κ2) is 6.77. The highest BCUT2D eigenvalue weighted by Crippen LogP contribution is 2.23. The summed E-state index contributed by atoms with van der Waals surface area (Å²) >= 11 is 7.45. The number of rotatable bonds is 5. The molecule has 3 nitrogen and oxygen atoms in total. The van der Waals surface area contributed by atoms with Gasteiger partial charge >= 0.3 is 0 Å². The smallest absolute Gasteiger partial charge is 0.234 e. The summed E-state index contributed by atoms with van der Waals surface area (Å²) in [6, 6.07) is 5.03. The fourth-order valence-corrected chi connectivity index (χ4v) is 2.23. The van der Waals surface area contributed by atoms with Crippen molar-refractivity contribution in [2.75, 3.05) is 22.6 Å². The molecule has 0 fully saturated rings. The molecular formula is C12H17ClN2OS. The van der Waals surface area contributed by atoms with Gasteiger partial charge in [0.1, 0.15) is 0 Å². The van der Waals surface area contributed by atoms with Crippen molar-refractivity contribution in [1.82, 2.24) is 0 Å². The zero-order valence-electron chi connectivity index (χ0n) is 10.00. The molecule has 5 heteroatoms. The van der Waals surface area contributed by atoms with Crippen molar-refractivity contribution in [3.63, 3.8) is 0 Å². The van der Waals surface area contributed by atoms with E-state index in [9.17, 15) is 4.79 Å². The maximum Gasteiger partial charge on any atom is 0.234 e. The average Bonchev–Trinajstić information content (AvgIpc) is 2.23. The number of amides is 1. The van der Waals surface area contributed by atoms with Gasteiger partial charge in [0.15, 0.2) is 0 Å². The molecule has 1 aromatic carbocycles. The maximum atomic E-state index is 11.6. The SMILES string of the molecule is CC(C)CSCC(=O)Nc1cc(Cl)ccc1N. The van der Waals surface area contributed by atoms with Gasteiger partial charge in [-0.2, -0.15) is 11.8 Å². The Morgan fingerprint density at radius 2 is 2.24 bits per heavy atom. The normalized spacial score (nSPS) is 10.6. The summed E-state index contributed by atoms with van der Waals surface area (Å²) in [6.07, 6.45) is 0. The van der Waals surface area contributed by atoms with Gasteiger partial charge in [0.2, 0.25) is 5.91 Å². The van der Waals surface area contributed by atoms with Gasteiger partial charge in [0, 0.05) is 5.02 Å². The summed E-state index contributed by atoms with van der Waals surface area (Å²) < 4.78 is 0. The van der Waals surface area contributed by atoms with E-state index in [2.05, 4.69) is 19.2 Å². The molecule has 0 spiro atoms. The molecule has 1 aromatic rings. The van der Waals surface area contributed by atoms with Crippen LogP contribution in [0.4, 0.5) is 11.4 Å². The number of anilines is 2. The van der Waals surface area contributed by atoms with Crippen LogP contribution in [0, 0.1) is 5.92 Å². The molecule has 0 aliphatic rings. The highest BCUT2D eigenvalue weighted by atomic mass is 35.5. The Labute approximate surface area is 111 Å². The van der Waals surface area contributed by atoms with Crippen molar-refractivity contribution in [3.8, 4) is 0 Å². The number of carbonyl (C=O) groups is 1. The lowest BCUT2D eigenvalue weighted by Gasteiger charge is -2.09. The van der Waals surface area contributed by atoms with Gasteiger partial charge < -0.3 is 11.1 Å². The van der Waals surface area contributed by atoms with E-state index in [0.717, 1.165) is 5.75 Å². The summed E-state index contributed by atoms with van der Waals surface area (Å²) in [4.78, 5) is 11.6. The lowest BCUT2D eigenvalue weighted by Crippen LogP contribution is -2.15. The zero-order valence-corrected chi connectivity index (χ0v) is 11.6. The third-order valence-corrected chi connectivity index (χ3v) is 3.58. The van der Waals surface area contributed by atoms with Crippen molar-refractivity contribution >= 4 is 40.6 Å². The first-order chi connectivity index (χ1) is 7.99. The van der Waals surface area contributed by atoms with E-state index in [4.69, 9.17) is 17.3 Å². The van der Waals surface area contributed by atoms with Crippen molar-refractivity contribution in [2.45, 2.75) is 13.8 Å². The Morgan fingerprint density at radius 3 is 2.88 bits per heavy atom. The molecule has 94 valence electrons. The number of thioether (sulfide) groups is 1. The lowest BCUT2D eigenvalue weighted by atomic mass is 10.2. The number of halogens is 1. The van der Waals surface area contributed by atoms with Gasteiger partial charge in [-0.25, -0.2) is 0 Å². The number of carbonyl (C=O) groups excluding carboxylic acids is 1. The Kier molecular flexibility index (Phi) is 5.65. The molecule has 0 aromatic heterocycles. The molecule has 1 rings (SSSR count). The largest absolute Gasteiger partial charge is 0.397 e. The Balaban J connectivity index is 2.47. The topological polar surface area (TPSA) is 55.1 Å². The van der Waals surface area contributed by atoms with Crippen molar-refractivity contribution in [1.29, 1.82) is 0 Å². The van der Waals surface area contributed by atoms with Crippen molar-refractivity contribution in [3.05, 3.63) is 23.2 Å². The van der Waals surface area contributed by atoms with Crippen LogP contribution in [0.2, 0.25) is 5.02 Å². The van der Waals surface area contributed by atoms with Crippen LogP contribution in [-0.4, -0.2) is 17.4 Å². The summed E-state index contributed by atoms with van der Waals surface area (Å²) in [6.45, 7) is 4.25. The van der Waals surface area contributed by atoms with Crippen LogP contribution in [0.1, 0.15) is 13.8 Å². The molecule has 0 heterocycles. The van der Waals surface area contributed by atoms with E-state index in [1.165, 1.54) is 0 Å². The van der Waals surface area contributed by atoms with Crippen LogP contribution in [0.25, 0.3) is 0 Å². The minimum atomic E-state index is -0.0513. The molecule has 1 amide bonds. The second-order valence-electron chi connectivity index (χ2n) is 4.19. The van der Waals surface area contributed by atoms with Gasteiger partial charge in [-0.15, -0.1) is 0 Å². The maximum absolute atomic E-state index is 11.6. The standard InChI is InChI=1S/C12H17ClN2OS/c1-8(2)6-17-7-12(16)15-11-5-9(13)3-4-10(11)14/h3-5,8H,6-7,14H2,1-2H3,(H,15,16). The van der Waals surface area contributed by atoms with Crippen LogP contribution in [0.5, 0.6) is 0 Å². The molecule has 0 saturated carbocycles. The predicted molar refractivity (Wildman–Crippen MR) is 76.7 cm³/mol. The first kappa shape index (κ1) is 14.2. The van der Waals surface area contributed by atoms with E-state index >= 15 is 0 Å². The average molecular weight is 273 g/mol. The summed E-state index contributed by atoms with van der Waals surface area (Å²) in [5.41, 5.74) is 6.84. The van der Waals surface area contributed by atoms with Gasteiger partial charge in [-0.05, 0) is 29.9 Å². The van der Waals surface area contributed by atoms with Gasteiger partial charge in [-0.3, -0.25) is 4.79 Å². The Bertz CT molecular complexity index is 396. The summed E-state index contributed by atoms with van der Waals surface area (Å²) in [5.74, 6) is 1.94. The zero-order chi connectivity index (χ0) is 12.8. The van der Waals surface area contributed by atoms with Crippen LogP contribution in [0.15, 0.2) is 18.2 Å². The van der Waals surface area contributed by atoms with Gasteiger partial charge in [0.05, 0.1) is 17.1 Å². The molecule has 0 atom stereocenters. The quantitative estimate of drug-likeness (QED) is 0.809. The van der Waals surface area contributed by atoms with Gasteiger partial charge in [0.25, 0.3) is 0 Å². The minimum absolute atomic E-state index is 0.0513. The molecule has 0 aliphatic heterocycles. The number of nitrogen functional groups attached to an aromatic ring is 1. The van der Waals surface area contributed by atoms with E-state index in [1.54, 1.807) is 30.0 Å². The van der Waals surface area contributed by atoms with Crippen molar-refractivity contribution in [2.24, 2.45) is 5.92 Å². The van der Waals surface area contributed by atoms with E-state index in [1.807, 2.05) is 0 Å². The molecule has 3 N–H and O–H groups in total. The molecule has 17 heavy (non-hydrogen) atoms. The molecule has 0 aliphatic carbocycles. The molecule has 0 bridgehead atoms. The molecule has 0 radical (unpaired) electrons. The number of hydrogen-bond donors (Lipinski definition) is 2. The number of benzene rings is 1. The van der Waals surface area contributed by atoms with E-state index in [-0.39, 0.29) is 5.91 Å². The monoisotopic (exact) mass is 272 g/mol. The van der Waals surface area contributed by atoms with Crippen LogP contribution >= 0.6 is 23.4 Å². The van der Waals surface area contributed by atoms with Gasteiger partial charge in [-0.1, -0.05) is 25.4 Å². The van der Waals surface area contributed by atoms with Crippen molar-refractivity contribution < 1.29 is 4.79 Å². The Hall–Kier alpha value is -0.870. The predicted octanol–water partition coefficient (Wildman–Crippen LogP) is 3.25. The lowest BCUT2D eigenvalue weighted by molar-refractivity contribution is -0.113. The first-order valence-electron chi connectivity index (χ1n) is 5.41. The van der Waals surface area contributed by atoms with E-state index < -0.39 is 0 Å². The third kappa shape index (κ3) is 5.33. The first-order valence-corrected chi connectivity index (χ1v) is 6.95. The Morgan fingerprint density at radius 1 is 1.53 bits per heavy atom. The summed E-state index contributed by atoms with van der Waals surface area (Å²) in [5, 5.41) is 3.32. The second-order valence-corrected chi connectivity index (χ2v) is 5.66. The molecule has 0 saturated heterocycles. The number of hydrogen-bond acceptors (Lipinski definition) is 3. The molecular weight excluding hydrogens is 256 g/mol. The van der Waals surface area contributed by atoms with Crippen LogP contribution in [-0.2, 0) is 4.79 Å². The summed E-state index contributed by atoms with van der Waals surface area (Å²) in [7, 11) is 0. The molecule has 0 unspecified atom stereocenters. The number of nitrogens with one attached hydrogen (secondary N) is 1. The van der Waals surface area contributed by atoms with Crippen LogP contribution < -0.4 is 11.1 Å². The highest BCUT2D eigenvalue weighted by Gasteiger charge is 2.06. The third-order valence-electron chi connectivity index (χ3n) is 1.97. The minimum Gasteiger partial charge on any atom is -0.397 e. The number of nitrogens with two attached hydrogens (primary N) is 1.